The van der Waals surface area contributed by atoms with E-state index in [2.05, 4.69) is 26.1 Å². The Kier molecular flexibility index (Phi) is 5.10. The van der Waals surface area contributed by atoms with E-state index in [1.165, 1.54) is 22.3 Å². The van der Waals surface area contributed by atoms with Gasteiger partial charge in [0, 0.05) is 31.4 Å². The molecule has 3 N–H and O–H groups in total. The number of thiophene rings is 1. The molecule has 2 aromatic carbocycles. The number of aromatic amines is 1. The maximum Gasteiger partial charge on any atom is 0.357 e. The molecule has 10 heteroatoms. The minimum atomic E-state index is -1.22. The normalized spacial score (nSPS) is 17.7. The zero-order valence-electron chi connectivity index (χ0n) is 16.7. The van der Waals surface area contributed by atoms with Crippen molar-refractivity contribution < 1.29 is 24.6 Å². The lowest BCUT2D eigenvalue weighted by molar-refractivity contribution is -0.132. The maximum absolute atomic E-state index is 13.2. The Morgan fingerprint density at radius 1 is 1.09 bits per heavy atom. The Bertz CT molecular complexity index is 1470. The van der Waals surface area contributed by atoms with Crippen LogP contribution in [-0.2, 0) is 9.59 Å². The third-order valence-electron chi connectivity index (χ3n) is 5.38. The van der Waals surface area contributed by atoms with E-state index in [4.69, 9.17) is 0 Å². The highest BCUT2D eigenvalue weighted by atomic mass is 79.9. The molecule has 164 valence electrons. The molecule has 0 aliphatic carbocycles. The Morgan fingerprint density at radius 3 is 2.52 bits per heavy atom. The number of ketones is 1. The zero-order chi connectivity index (χ0) is 23.3. The third-order valence-corrected chi connectivity index (χ3v) is 7.12. The van der Waals surface area contributed by atoms with Crippen molar-refractivity contribution in [1.82, 2.24) is 10.2 Å². The summed E-state index contributed by atoms with van der Waals surface area (Å²) in [7, 11) is 0. The number of aliphatic hydroxyl groups is 1. The number of hydrogen-bond acceptors (Lipinski definition) is 6. The Hall–Kier alpha value is -3.76. The number of nitrogens with one attached hydrogen (secondary N) is 1. The van der Waals surface area contributed by atoms with Gasteiger partial charge in [-0.25, -0.2) is 4.79 Å². The number of amides is 1. The summed E-state index contributed by atoms with van der Waals surface area (Å²) in [5.74, 6) is -3.14. The number of benzene rings is 2. The van der Waals surface area contributed by atoms with Gasteiger partial charge in [-0.3, -0.25) is 19.6 Å². The largest absolute Gasteiger partial charge is 0.507 e. The molecule has 5 rings (SSSR count). The monoisotopic (exact) mass is 523 g/mol. The Labute approximate surface area is 198 Å². The second-order valence-electron chi connectivity index (χ2n) is 7.31. The van der Waals surface area contributed by atoms with Crippen LogP contribution in [0.5, 0.6) is 0 Å². The Morgan fingerprint density at radius 2 is 1.85 bits per heavy atom. The predicted molar refractivity (Wildman–Crippen MR) is 126 cm³/mol. The van der Waals surface area contributed by atoms with E-state index in [0.717, 1.165) is 4.47 Å². The number of carboxylic acid groups (broad SMARTS) is 1. The van der Waals surface area contributed by atoms with Crippen molar-refractivity contribution in [3.8, 4) is 0 Å². The number of halogens is 1. The van der Waals surface area contributed by atoms with E-state index >= 15 is 0 Å². The first kappa shape index (κ1) is 21.1. The molecule has 1 fully saturated rings. The van der Waals surface area contributed by atoms with Gasteiger partial charge in [0.25, 0.3) is 11.7 Å². The molecular weight excluding hydrogens is 510 g/mol. The van der Waals surface area contributed by atoms with E-state index in [-0.39, 0.29) is 17.0 Å². The molecule has 8 nitrogen and oxygen atoms in total. The summed E-state index contributed by atoms with van der Waals surface area (Å²) >= 11 is 4.73. The van der Waals surface area contributed by atoms with E-state index in [9.17, 15) is 24.6 Å². The summed E-state index contributed by atoms with van der Waals surface area (Å²) in [6.07, 6.45) is 0. The molecule has 0 spiro atoms. The number of H-pyrrole nitrogens is 1. The summed E-state index contributed by atoms with van der Waals surface area (Å²) < 4.78 is 0.770. The number of hydrogen-bond donors (Lipinski definition) is 3. The number of carboxylic acids is 1. The van der Waals surface area contributed by atoms with E-state index in [0.29, 0.717) is 27.0 Å². The summed E-state index contributed by atoms with van der Waals surface area (Å²) in [6.45, 7) is 0. The summed E-state index contributed by atoms with van der Waals surface area (Å²) in [4.78, 5) is 39.9. The number of carbonyl (C=O) groups is 3. The van der Waals surface area contributed by atoms with Crippen LogP contribution in [0.4, 0.5) is 5.69 Å². The van der Waals surface area contributed by atoms with Crippen LogP contribution in [0.15, 0.2) is 70.0 Å². The van der Waals surface area contributed by atoms with Gasteiger partial charge in [0.2, 0.25) is 0 Å². The van der Waals surface area contributed by atoms with Crippen LogP contribution in [0.2, 0.25) is 0 Å². The van der Waals surface area contributed by atoms with E-state index < -0.39 is 23.7 Å². The van der Waals surface area contributed by atoms with Crippen LogP contribution >= 0.6 is 27.3 Å². The van der Waals surface area contributed by atoms with Crippen LogP contribution in [0, 0.1) is 0 Å². The van der Waals surface area contributed by atoms with E-state index in [1.807, 2.05) is 5.38 Å². The lowest BCUT2D eigenvalue weighted by atomic mass is 9.99. The lowest BCUT2D eigenvalue weighted by Crippen LogP contribution is -2.29. The number of fused-ring (bicyclic) bond motifs is 1. The van der Waals surface area contributed by atoms with Gasteiger partial charge in [0.1, 0.15) is 11.8 Å². The van der Waals surface area contributed by atoms with Crippen LogP contribution < -0.4 is 4.90 Å². The molecule has 1 saturated heterocycles. The number of anilines is 1. The first-order valence-electron chi connectivity index (χ1n) is 9.68. The fraction of sp³-hybridized carbons (Fsp3) is 0.0435. The van der Waals surface area contributed by atoms with Gasteiger partial charge in [-0.2, -0.15) is 5.10 Å². The maximum atomic E-state index is 13.2. The number of carbonyl (C=O) groups excluding carboxylic acids is 2. The van der Waals surface area contributed by atoms with Gasteiger partial charge in [-0.1, -0.05) is 30.3 Å². The predicted octanol–water partition coefficient (Wildman–Crippen LogP) is 4.71. The summed E-state index contributed by atoms with van der Waals surface area (Å²) in [5.41, 5.74) is 0.978. The molecule has 33 heavy (non-hydrogen) atoms. The number of rotatable bonds is 4. The summed E-state index contributed by atoms with van der Waals surface area (Å²) in [5, 5.41) is 29.1. The SMILES string of the molecule is O=C1C(=O)N(c2ccc3[nH]nc(C(=O)O)c3c2)C(c2cc(Br)cs2)C1=C(O)c1ccccc1. The molecule has 1 unspecified atom stereocenters. The molecule has 0 saturated carbocycles. The average molecular weight is 524 g/mol. The van der Waals surface area contributed by atoms with Gasteiger partial charge >= 0.3 is 5.97 Å². The fourth-order valence-electron chi connectivity index (χ4n) is 3.91. The standard InChI is InChI=1S/C23H14BrN3O5S/c24-12-8-16(33-10-12)19-17(20(28)11-4-2-1-3-5-11)21(29)22(30)27(19)13-6-7-15-14(9-13)18(23(31)32)26-25-15/h1-10,19,28H,(H,25,26)(H,31,32). The second-order valence-corrected chi connectivity index (χ2v) is 9.17. The van der Waals surface area contributed by atoms with Crippen molar-refractivity contribution in [3.05, 3.63) is 86.2 Å². The van der Waals surface area contributed by atoms with Gasteiger partial charge < -0.3 is 10.2 Å². The molecule has 0 bridgehead atoms. The van der Waals surface area contributed by atoms with Crippen LogP contribution in [0.1, 0.15) is 27.0 Å². The molecule has 1 aliphatic rings. The number of aliphatic hydroxyl groups excluding tert-OH is 1. The lowest BCUT2D eigenvalue weighted by Gasteiger charge is -2.24. The first-order valence-corrected chi connectivity index (χ1v) is 11.4. The minimum absolute atomic E-state index is 0.0358. The molecular formula is C23H14BrN3O5S. The number of aromatic carboxylic acids is 1. The molecule has 4 aromatic rings. The highest BCUT2D eigenvalue weighted by molar-refractivity contribution is 9.10. The topological polar surface area (TPSA) is 124 Å². The molecule has 1 amide bonds. The van der Waals surface area contributed by atoms with Crippen LogP contribution in [0.25, 0.3) is 16.7 Å². The highest BCUT2D eigenvalue weighted by Gasteiger charge is 2.47. The molecule has 1 aliphatic heterocycles. The van der Waals surface area contributed by atoms with Gasteiger partial charge in [-0.05, 0) is 40.2 Å². The van der Waals surface area contributed by atoms with Crippen molar-refractivity contribution in [3.63, 3.8) is 0 Å². The van der Waals surface area contributed by atoms with Gasteiger partial charge in [-0.15, -0.1) is 11.3 Å². The highest BCUT2D eigenvalue weighted by Crippen LogP contribution is 2.45. The Balaban J connectivity index is 1.74. The summed E-state index contributed by atoms with van der Waals surface area (Å²) in [6, 6.07) is 14.1. The van der Waals surface area contributed by atoms with Crippen LogP contribution in [-0.4, -0.2) is 38.1 Å². The number of Topliss-reactive ketones (excluding diaryl/α,β-unsaturated/α-hetero) is 1. The molecule has 1 atom stereocenters. The second kappa shape index (κ2) is 7.98. The molecule has 3 heterocycles. The van der Waals surface area contributed by atoms with Crippen LogP contribution in [0.3, 0.4) is 0 Å². The van der Waals surface area contributed by atoms with Crippen molar-refractivity contribution in [2.24, 2.45) is 0 Å². The van der Waals surface area contributed by atoms with Crippen molar-refractivity contribution in [2.45, 2.75) is 6.04 Å². The van der Waals surface area contributed by atoms with Crippen molar-refractivity contribution in [1.29, 1.82) is 0 Å². The zero-order valence-corrected chi connectivity index (χ0v) is 19.1. The van der Waals surface area contributed by atoms with E-state index in [1.54, 1.807) is 48.5 Å². The third kappa shape index (κ3) is 3.43. The fourth-order valence-corrected chi connectivity index (χ4v) is 5.45. The first-order chi connectivity index (χ1) is 15.9. The molecule has 2 aromatic heterocycles. The average Bonchev–Trinajstić information content (AvgIpc) is 3.50. The van der Waals surface area contributed by atoms with Gasteiger partial charge in [0.05, 0.1) is 11.1 Å². The molecule has 0 radical (unpaired) electrons. The van der Waals surface area contributed by atoms with Gasteiger partial charge in [0.15, 0.2) is 5.69 Å². The number of aromatic nitrogens is 2. The van der Waals surface area contributed by atoms with Crippen molar-refractivity contribution >= 4 is 67.3 Å². The quantitative estimate of drug-likeness (QED) is 0.202. The minimum Gasteiger partial charge on any atom is -0.507 e. The van der Waals surface area contributed by atoms with Crippen molar-refractivity contribution in [2.75, 3.05) is 4.90 Å². The number of nitrogens with zero attached hydrogens (tertiary/aromatic N) is 2. The smallest absolute Gasteiger partial charge is 0.357 e.